The Balaban J connectivity index is 1.15. The first-order valence-electron chi connectivity index (χ1n) is 13.8. The van der Waals surface area contributed by atoms with Crippen LogP contribution in [0.4, 0.5) is 17.2 Å². The molecular weight excluding hydrogens is 512 g/mol. The second kappa shape index (κ2) is 10.3. The maximum atomic E-state index is 13.8. The summed E-state index contributed by atoms with van der Waals surface area (Å²) in [5.41, 5.74) is 4.98. The first-order chi connectivity index (χ1) is 18.8. The molecule has 0 bridgehead atoms. The van der Waals surface area contributed by atoms with Crippen molar-refractivity contribution in [3.05, 3.63) is 69.9 Å². The van der Waals surface area contributed by atoms with Crippen LogP contribution in [0.3, 0.4) is 0 Å². The van der Waals surface area contributed by atoms with E-state index in [2.05, 4.69) is 27.6 Å². The maximum Gasteiger partial charge on any atom is 0.258 e. The van der Waals surface area contributed by atoms with Gasteiger partial charge in [-0.3, -0.25) is 19.2 Å². The monoisotopic (exact) mass is 546 g/mol. The Morgan fingerprint density at radius 2 is 1.97 bits per heavy atom. The van der Waals surface area contributed by atoms with Crippen molar-refractivity contribution in [3.8, 4) is 0 Å². The molecule has 9 heteroatoms. The number of fused-ring (bicyclic) bond motifs is 2. The normalized spacial score (nSPS) is 21.0. The molecule has 3 aromatic rings. The summed E-state index contributed by atoms with van der Waals surface area (Å²) in [6.45, 7) is 5.99. The fourth-order valence-corrected chi connectivity index (χ4v) is 6.24. The molecule has 2 aliphatic heterocycles. The number of carbonyl (C=O) groups is 2. The molecule has 2 atom stereocenters. The van der Waals surface area contributed by atoms with Gasteiger partial charge in [-0.1, -0.05) is 23.7 Å². The number of nitrogens with one attached hydrogen (secondary N) is 2. The van der Waals surface area contributed by atoms with Gasteiger partial charge in [0.05, 0.1) is 24.1 Å². The molecule has 1 saturated carbocycles. The van der Waals surface area contributed by atoms with Crippen molar-refractivity contribution in [3.63, 3.8) is 0 Å². The van der Waals surface area contributed by atoms with Crippen molar-refractivity contribution in [2.75, 3.05) is 16.8 Å². The lowest BCUT2D eigenvalue weighted by Gasteiger charge is -2.37. The molecule has 3 aliphatic rings. The Kier molecular flexibility index (Phi) is 6.85. The summed E-state index contributed by atoms with van der Waals surface area (Å²) in [4.78, 5) is 31.1. The van der Waals surface area contributed by atoms with Crippen LogP contribution in [0, 0.1) is 12.8 Å². The Morgan fingerprint density at radius 1 is 1.15 bits per heavy atom. The molecule has 6 rings (SSSR count). The number of aromatic nitrogens is 2. The van der Waals surface area contributed by atoms with Gasteiger partial charge in [0.15, 0.2) is 0 Å². The predicted molar refractivity (Wildman–Crippen MR) is 153 cm³/mol. The molecule has 2 N–H and O–H groups in total. The Labute approximate surface area is 234 Å². The van der Waals surface area contributed by atoms with Gasteiger partial charge < -0.3 is 15.5 Å². The van der Waals surface area contributed by atoms with Crippen LogP contribution < -0.4 is 15.5 Å². The van der Waals surface area contributed by atoms with Gasteiger partial charge in [-0.25, -0.2) is 0 Å². The molecule has 2 aromatic carbocycles. The molecule has 0 spiro atoms. The molecule has 2 fully saturated rings. The second-order valence-electron chi connectivity index (χ2n) is 11.2. The highest BCUT2D eigenvalue weighted by Gasteiger charge is 2.37. The predicted octanol–water partition coefficient (Wildman–Crippen LogP) is 5.17. The number of hydrogen-bond donors (Lipinski definition) is 2. The number of aryl methyl sites for hydroxylation is 2. The van der Waals surface area contributed by atoms with Crippen molar-refractivity contribution in [1.29, 1.82) is 0 Å². The van der Waals surface area contributed by atoms with E-state index in [4.69, 9.17) is 11.6 Å². The number of hydrogen-bond acceptors (Lipinski definition) is 5. The van der Waals surface area contributed by atoms with E-state index in [-0.39, 0.29) is 17.7 Å². The van der Waals surface area contributed by atoms with Crippen LogP contribution in [-0.2, 0) is 24.9 Å². The van der Waals surface area contributed by atoms with Crippen molar-refractivity contribution < 1.29 is 9.59 Å². The number of amides is 2. The van der Waals surface area contributed by atoms with Crippen molar-refractivity contribution in [2.45, 2.75) is 64.7 Å². The molecule has 2 amide bonds. The lowest BCUT2D eigenvalue weighted by Crippen LogP contribution is -2.46. The van der Waals surface area contributed by atoms with E-state index in [1.54, 1.807) is 27.9 Å². The average Bonchev–Trinajstić information content (AvgIpc) is 3.72. The molecule has 1 saturated heterocycles. The van der Waals surface area contributed by atoms with E-state index in [0.29, 0.717) is 29.7 Å². The van der Waals surface area contributed by atoms with Crippen LogP contribution in [0.2, 0.25) is 5.02 Å². The molecule has 204 valence electrons. The van der Waals surface area contributed by atoms with E-state index in [1.165, 1.54) is 12.8 Å². The van der Waals surface area contributed by atoms with Gasteiger partial charge in [-0.2, -0.15) is 5.10 Å². The molecule has 39 heavy (non-hydrogen) atoms. The fraction of sp³-hybridized carbons (Fsp3) is 0.433. The third-order valence-electron chi connectivity index (χ3n) is 8.35. The van der Waals surface area contributed by atoms with Crippen molar-refractivity contribution >= 4 is 40.6 Å². The minimum absolute atomic E-state index is 0.0346. The van der Waals surface area contributed by atoms with Gasteiger partial charge in [-0.05, 0) is 81.5 Å². The summed E-state index contributed by atoms with van der Waals surface area (Å²) in [5.74, 6) is 0.846. The molecule has 1 aliphatic carbocycles. The smallest absolute Gasteiger partial charge is 0.258 e. The standard InChI is InChI=1S/C30H35ClN6O2/c1-18-4-9-27-26(12-18)34-28-23(16-33-35(28)3)17-37(27)30(39)21-5-6-22(25(31)14-21)15-32-29(38)20-10-11-36(19(2)13-20)24-7-8-24/h4-6,9,12,14,16,19-20,24,34H,7-8,10-11,13,15,17H2,1-3H3,(H,32,38). The van der Waals surface area contributed by atoms with Gasteiger partial charge in [0.25, 0.3) is 5.91 Å². The minimum Gasteiger partial charge on any atom is -0.352 e. The SMILES string of the molecule is Cc1ccc2c(c1)Nc1c(cnn1C)CN2C(=O)c1ccc(CNC(=O)C2CCN(C3CC3)C(C)C2)c(Cl)c1. The quantitative estimate of drug-likeness (QED) is 0.461. The Bertz CT molecular complexity index is 1430. The molecule has 3 heterocycles. The third-order valence-corrected chi connectivity index (χ3v) is 8.70. The lowest BCUT2D eigenvalue weighted by atomic mass is 9.90. The number of nitrogens with zero attached hydrogens (tertiary/aromatic N) is 4. The summed E-state index contributed by atoms with van der Waals surface area (Å²) in [6.07, 6.45) is 6.18. The van der Waals surface area contributed by atoms with Gasteiger partial charge in [0.2, 0.25) is 5.91 Å². The Hall–Kier alpha value is -3.36. The zero-order chi connectivity index (χ0) is 27.3. The topological polar surface area (TPSA) is 82.5 Å². The van der Waals surface area contributed by atoms with Gasteiger partial charge in [0.1, 0.15) is 5.82 Å². The number of anilines is 3. The van der Waals surface area contributed by atoms with Crippen molar-refractivity contribution in [1.82, 2.24) is 20.0 Å². The van der Waals surface area contributed by atoms with E-state index >= 15 is 0 Å². The number of benzene rings is 2. The summed E-state index contributed by atoms with van der Waals surface area (Å²) in [7, 11) is 1.88. The highest BCUT2D eigenvalue weighted by Crippen LogP contribution is 2.37. The van der Waals surface area contributed by atoms with Crippen LogP contribution in [0.25, 0.3) is 0 Å². The van der Waals surface area contributed by atoms with Crippen LogP contribution in [0.5, 0.6) is 0 Å². The summed E-state index contributed by atoms with van der Waals surface area (Å²) in [5, 5.41) is 11.4. The lowest BCUT2D eigenvalue weighted by molar-refractivity contribution is -0.127. The number of rotatable bonds is 5. The van der Waals surface area contributed by atoms with Crippen molar-refractivity contribution in [2.24, 2.45) is 13.0 Å². The zero-order valence-electron chi connectivity index (χ0n) is 22.7. The first-order valence-corrected chi connectivity index (χ1v) is 14.2. The van der Waals surface area contributed by atoms with Gasteiger partial charge >= 0.3 is 0 Å². The molecule has 0 radical (unpaired) electrons. The van der Waals surface area contributed by atoms with E-state index in [1.807, 2.05) is 38.2 Å². The minimum atomic E-state index is -0.146. The number of likely N-dealkylation sites (tertiary alicyclic amines) is 1. The van der Waals surface area contributed by atoms with Crippen LogP contribution >= 0.6 is 11.6 Å². The van der Waals surface area contributed by atoms with E-state index in [9.17, 15) is 9.59 Å². The fourth-order valence-electron chi connectivity index (χ4n) is 5.99. The van der Waals surface area contributed by atoms with Crippen LogP contribution in [0.1, 0.15) is 59.7 Å². The van der Waals surface area contributed by atoms with Gasteiger partial charge in [-0.15, -0.1) is 0 Å². The average molecular weight is 547 g/mol. The number of halogens is 1. The highest BCUT2D eigenvalue weighted by atomic mass is 35.5. The molecular formula is C30H35ClN6O2. The summed E-state index contributed by atoms with van der Waals surface area (Å²) < 4.78 is 1.78. The second-order valence-corrected chi connectivity index (χ2v) is 11.6. The zero-order valence-corrected chi connectivity index (χ0v) is 23.5. The van der Waals surface area contributed by atoms with Crippen LogP contribution in [0.15, 0.2) is 42.6 Å². The first kappa shape index (κ1) is 25.9. The van der Waals surface area contributed by atoms with E-state index in [0.717, 1.165) is 59.3 Å². The van der Waals surface area contributed by atoms with E-state index < -0.39 is 0 Å². The molecule has 2 unspecified atom stereocenters. The summed E-state index contributed by atoms with van der Waals surface area (Å²) >= 11 is 6.65. The number of piperidine rings is 1. The third kappa shape index (κ3) is 5.15. The van der Waals surface area contributed by atoms with Gasteiger partial charge in [0, 0.05) is 47.7 Å². The largest absolute Gasteiger partial charge is 0.352 e. The van der Waals surface area contributed by atoms with Crippen LogP contribution in [-0.4, -0.2) is 45.1 Å². The highest BCUT2D eigenvalue weighted by molar-refractivity contribution is 6.32. The summed E-state index contributed by atoms with van der Waals surface area (Å²) in [6, 6.07) is 12.5. The molecule has 1 aromatic heterocycles. The molecule has 8 nitrogen and oxygen atoms in total. The Morgan fingerprint density at radius 3 is 2.72 bits per heavy atom. The maximum absolute atomic E-state index is 13.8. The number of carbonyl (C=O) groups excluding carboxylic acids is 2.